The van der Waals surface area contributed by atoms with Gasteiger partial charge in [-0.25, -0.2) is 0 Å². The fourth-order valence-corrected chi connectivity index (χ4v) is 3.49. The highest BCUT2D eigenvalue weighted by Gasteiger charge is 2.23. The molecule has 1 saturated carbocycles. The van der Waals surface area contributed by atoms with Gasteiger partial charge < -0.3 is 10.6 Å². The first-order valence-corrected chi connectivity index (χ1v) is 8.12. The van der Waals surface area contributed by atoms with Gasteiger partial charge in [-0.15, -0.1) is 0 Å². The topological polar surface area (TPSA) is 29.3 Å². The van der Waals surface area contributed by atoms with Crippen LogP contribution in [0.2, 0.25) is 0 Å². The van der Waals surface area contributed by atoms with Gasteiger partial charge in [0.15, 0.2) is 0 Å². The molecule has 0 aliphatic heterocycles. The molecular weight excluding hydrogens is 300 g/mol. The Kier molecular flexibility index (Phi) is 5.28. The Morgan fingerprint density at radius 2 is 1.95 bits per heavy atom. The van der Waals surface area contributed by atoms with Gasteiger partial charge in [-0.3, -0.25) is 0 Å². The Balaban J connectivity index is 2.15. The normalized spacial score (nSPS) is 23.4. The third kappa shape index (κ3) is 3.73. The fraction of sp³-hybridized carbons (Fsp3) is 0.625. The molecular formula is C16H25BrN2. The van der Waals surface area contributed by atoms with Gasteiger partial charge in [0.2, 0.25) is 0 Å². The highest BCUT2D eigenvalue weighted by Crippen LogP contribution is 2.32. The van der Waals surface area contributed by atoms with E-state index in [0.717, 1.165) is 16.8 Å². The van der Waals surface area contributed by atoms with Crippen molar-refractivity contribution in [3.05, 3.63) is 28.2 Å². The molecule has 0 aromatic heterocycles. The third-order valence-electron chi connectivity index (χ3n) is 4.37. The highest BCUT2D eigenvalue weighted by atomic mass is 79.9. The SMILES string of the molecule is CC1CCC(N(C)c2ccc(Br)cc2CCN)CC1. The molecule has 1 aromatic rings. The molecule has 2 N–H and O–H groups in total. The molecule has 0 bridgehead atoms. The van der Waals surface area contributed by atoms with E-state index in [1.165, 1.54) is 36.9 Å². The Bertz CT molecular complexity index is 411. The average molecular weight is 325 g/mol. The Morgan fingerprint density at radius 1 is 1.26 bits per heavy atom. The molecule has 0 saturated heterocycles. The lowest BCUT2D eigenvalue weighted by molar-refractivity contribution is 0.340. The quantitative estimate of drug-likeness (QED) is 0.908. The Morgan fingerprint density at radius 3 is 2.58 bits per heavy atom. The minimum atomic E-state index is 0.689. The number of nitrogens with two attached hydrogens (primary N) is 1. The number of halogens is 1. The summed E-state index contributed by atoms with van der Waals surface area (Å²) in [5, 5.41) is 0. The van der Waals surface area contributed by atoms with Crippen molar-refractivity contribution in [3.8, 4) is 0 Å². The molecule has 19 heavy (non-hydrogen) atoms. The molecule has 2 rings (SSSR count). The standard InChI is InChI=1S/C16H25BrN2/c1-12-3-6-15(7-4-12)19(2)16-8-5-14(17)11-13(16)9-10-18/h5,8,11-12,15H,3-4,6-7,9-10,18H2,1-2H3. The third-order valence-corrected chi connectivity index (χ3v) is 4.86. The van der Waals surface area contributed by atoms with E-state index < -0.39 is 0 Å². The molecule has 1 fully saturated rings. The number of anilines is 1. The second-order valence-corrected chi connectivity index (χ2v) is 6.75. The van der Waals surface area contributed by atoms with Gasteiger partial charge in [0.1, 0.15) is 0 Å². The average Bonchev–Trinajstić information content (AvgIpc) is 2.39. The first-order chi connectivity index (χ1) is 9.11. The monoisotopic (exact) mass is 324 g/mol. The van der Waals surface area contributed by atoms with E-state index in [2.05, 4.69) is 53.0 Å². The van der Waals surface area contributed by atoms with Gasteiger partial charge in [0.05, 0.1) is 0 Å². The van der Waals surface area contributed by atoms with Crippen molar-refractivity contribution in [1.82, 2.24) is 0 Å². The highest BCUT2D eigenvalue weighted by molar-refractivity contribution is 9.10. The summed E-state index contributed by atoms with van der Waals surface area (Å²) in [4.78, 5) is 2.48. The molecule has 0 radical (unpaired) electrons. The fourth-order valence-electron chi connectivity index (χ4n) is 3.08. The van der Waals surface area contributed by atoms with Gasteiger partial charge in [-0.1, -0.05) is 22.9 Å². The largest absolute Gasteiger partial charge is 0.371 e. The zero-order chi connectivity index (χ0) is 13.8. The maximum atomic E-state index is 5.74. The van der Waals surface area contributed by atoms with E-state index in [4.69, 9.17) is 5.73 Å². The van der Waals surface area contributed by atoms with Gasteiger partial charge in [0, 0.05) is 23.2 Å². The van der Waals surface area contributed by atoms with Crippen LogP contribution in [0.25, 0.3) is 0 Å². The molecule has 0 unspecified atom stereocenters. The van der Waals surface area contributed by atoms with Crippen LogP contribution in [-0.2, 0) is 6.42 Å². The molecule has 106 valence electrons. The zero-order valence-electron chi connectivity index (χ0n) is 12.0. The van der Waals surface area contributed by atoms with E-state index in [-0.39, 0.29) is 0 Å². The predicted molar refractivity (Wildman–Crippen MR) is 86.7 cm³/mol. The molecule has 3 heteroatoms. The van der Waals surface area contributed by atoms with Crippen LogP contribution < -0.4 is 10.6 Å². The summed E-state index contributed by atoms with van der Waals surface area (Å²) in [6.45, 7) is 3.08. The van der Waals surface area contributed by atoms with E-state index in [1.807, 2.05) is 0 Å². The maximum Gasteiger partial charge on any atom is 0.0399 e. The van der Waals surface area contributed by atoms with Crippen LogP contribution in [0.3, 0.4) is 0 Å². The lowest BCUT2D eigenvalue weighted by atomic mass is 9.86. The lowest BCUT2D eigenvalue weighted by Crippen LogP contribution is -2.35. The van der Waals surface area contributed by atoms with Crippen LogP contribution in [0, 0.1) is 5.92 Å². The van der Waals surface area contributed by atoms with E-state index in [1.54, 1.807) is 0 Å². The summed E-state index contributed by atoms with van der Waals surface area (Å²) < 4.78 is 1.14. The molecule has 0 spiro atoms. The molecule has 0 amide bonds. The summed E-state index contributed by atoms with van der Waals surface area (Å²) in [6, 6.07) is 7.27. The van der Waals surface area contributed by atoms with Crippen molar-refractivity contribution in [2.75, 3.05) is 18.5 Å². The van der Waals surface area contributed by atoms with Crippen molar-refractivity contribution in [2.24, 2.45) is 11.7 Å². The molecule has 1 aliphatic carbocycles. The summed E-state index contributed by atoms with van der Waals surface area (Å²) in [5.41, 5.74) is 8.46. The van der Waals surface area contributed by atoms with Crippen LogP contribution in [-0.4, -0.2) is 19.6 Å². The smallest absolute Gasteiger partial charge is 0.0399 e. The van der Waals surface area contributed by atoms with Gasteiger partial charge in [-0.2, -0.15) is 0 Å². The van der Waals surface area contributed by atoms with Crippen molar-refractivity contribution in [2.45, 2.75) is 45.1 Å². The number of hydrogen-bond donors (Lipinski definition) is 1. The van der Waals surface area contributed by atoms with Crippen molar-refractivity contribution in [1.29, 1.82) is 0 Å². The van der Waals surface area contributed by atoms with E-state index in [9.17, 15) is 0 Å². The number of rotatable bonds is 4. The summed E-state index contributed by atoms with van der Waals surface area (Å²) in [5.74, 6) is 0.901. The van der Waals surface area contributed by atoms with Gasteiger partial charge in [-0.05, 0) is 68.3 Å². The molecule has 1 aliphatic rings. The molecule has 2 nitrogen and oxygen atoms in total. The first-order valence-electron chi connectivity index (χ1n) is 7.33. The van der Waals surface area contributed by atoms with Crippen LogP contribution in [0.1, 0.15) is 38.2 Å². The van der Waals surface area contributed by atoms with Crippen LogP contribution in [0.5, 0.6) is 0 Å². The van der Waals surface area contributed by atoms with E-state index >= 15 is 0 Å². The minimum absolute atomic E-state index is 0.689. The summed E-state index contributed by atoms with van der Waals surface area (Å²) >= 11 is 3.56. The summed E-state index contributed by atoms with van der Waals surface area (Å²) in [7, 11) is 2.24. The lowest BCUT2D eigenvalue weighted by Gasteiger charge is -2.36. The maximum absolute atomic E-state index is 5.74. The van der Waals surface area contributed by atoms with Crippen LogP contribution in [0.4, 0.5) is 5.69 Å². The van der Waals surface area contributed by atoms with Gasteiger partial charge in [0.25, 0.3) is 0 Å². The number of nitrogens with zero attached hydrogens (tertiary/aromatic N) is 1. The summed E-state index contributed by atoms with van der Waals surface area (Å²) in [6.07, 6.45) is 6.29. The Hall–Kier alpha value is -0.540. The van der Waals surface area contributed by atoms with E-state index in [0.29, 0.717) is 12.6 Å². The predicted octanol–water partition coefficient (Wildman–Crippen LogP) is 3.97. The van der Waals surface area contributed by atoms with Crippen molar-refractivity contribution < 1.29 is 0 Å². The molecule has 0 heterocycles. The zero-order valence-corrected chi connectivity index (χ0v) is 13.6. The number of benzene rings is 1. The molecule has 1 aromatic carbocycles. The second-order valence-electron chi connectivity index (χ2n) is 5.84. The van der Waals surface area contributed by atoms with Gasteiger partial charge >= 0.3 is 0 Å². The molecule has 0 atom stereocenters. The first kappa shape index (κ1) is 14.9. The van der Waals surface area contributed by atoms with Crippen LogP contribution >= 0.6 is 15.9 Å². The Labute approximate surface area is 125 Å². The number of hydrogen-bond acceptors (Lipinski definition) is 2. The van der Waals surface area contributed by atoms with Crippen molar-refractivity contribution >= 4 is 21.6 Å². The van der Waals surface area contributed by atoms with Crippen molar-refractivity contribution in [3.63, 3.8) is 0 Å². The van der Waals surface area contributed by atoms with Crippen LogP contribution in [0.15, 0.2) is 22.7 Å². The minimum Gasteiger partial charge on any atom is -0.371 e. The second kappa shape index (κ2) is 6.76.